The Labute approximate surface area is 169 Å². The number of hydrogen-bond acceptors (Lipinski definition) is 5. The Balaban J connectivity index is 2.05. The second-order valence-electron chi connectivity index (χ2n) is 5.70. The molecule has 0 atom stereocenters. The van der Waals surface area contributed by atoms with Gasteiger partial charge in [0.25, 0.3) is 0 Å². The predicted molar refractivity (Wildman–Crippen MR) is 105 cm³/mol. The summed E-state index contributed by atoms with van der Waals surface area (Å²) in [4.78, 5) is 25.1. The van der Waals surface area contributed by atoms with E-state index in [2.05, 4.69) is 0 Å². The first kappa shape index (κ1) is 19.4. The molecule has 0 bridgehead atoms. The van der Waals surface area contributed by atoms with Crippen LogP contribution in [0.2, 0.25) is 10.0 Å². The van der Waals surface area contributed by atoms with E-state index < -0.39 is 5.97 Å². The lowest BCUT2D eigenvalue weighted by atomic mass is 10.0. The summed E-state index contributed by atoms with van der Waals surface area (Å²) in [5.41, 5.74) is 1.61. The largest absolute Gasteiger partial charge is 0.550 e. The standard InChI is InChI=1S/C20H14Cl2O4S/c1-26-14-5-2-11(3-6-14)20-12(9-18(23)24)8-17(27-20)19(25)15-7-4-13(21)10-16(15)22/h2-8,10H,9H2,1H3,(H,23,24)/p-1. The normalized spacial score (nSPS) is 10.6. The van der Waals surface area contributed by atoms with E-state index >= 15 is 0 Å². The number of carboxylic acid groups (broad SMARTS) is 1. The molecule has 27 heavy (non-hydrogen) atoms. The van der Waals surface area contributed by atoms with Crippen molar-refractivity contribution in [1.29, 1.82) is 0 Å². The maximum Gasteiger partial charge on any atom is 0.204 e. The zero-order valence-corrected chi connectivity index (χ0v) is 16.5. The highest BCUT2D eigenvalue weighted by molar-refractivity contribution is 7.17. The summed E-state index contributed by atoms with van der Waals surface area (Å²) in [6, 6.07) is 13.4. The molecule has 0 saturated carbocycles. The maximum atomic E-state index is 12.9. The minimum absolute atomic E-state index is 0.244. The third-order valence-electron chi connectivity index (χ3n) is 3.90. The first-order valence-electron chi connectivity index (χ1n) is 7.85. The molecule has 0 aliphatic heterocycles. The Hall–Kier alpha value is -2.34. The summed E-state index contributed by atoms with van der Waals surface area (Å²) in [6.07, 6.45) is -0.292. The fraction of sp³-hybridized carbons (Fsp3) is 0.100. The number of ketones is 1. The van der Waals surface area contributed by atoms with Crippen molar-refractivity contribution in [3.63, 3.8) is 0 Å². The second kappa shape index (κ2) is 8.13. The first-order valence-corrected chi connectivity index (χ1v) is 9.43. The number of halogens is 2. The number of benzene rings is 2. The molecule has 3 rings (SSSR count). The zero-order valence-electron chi connectivity index (χ0n) is 14.1. The number of methoxy groups -OCH3 is 1. The van der Waals surface area contributed by atoms with Crippen LogP contribution in [0.3, 0.4) is 0 Å². The number of carbonyl (C=O) groups excluding carboxylic acids is 2. The van der Waals surface area contributed by atoms with Crippen molar-refractivity contribution in [2.24, 2.45) is 0 Å². The van der Waals surface area contributed by atoms with Gasteiger partial charge in [0.1, 0.15) is 5.75 Å². The zero-order chi connectivity index (χ0) is 19.6. The highest BCUT2D eigenvalue weighted by Crippen LogP contribution is 2.36. The Morgan fingerprint density at radius 2 is 1.78 bits per heavy atom. The van der Waals surface area contributed by atoms with Crippen LogP contribution in [-0.4, -0.2) is 18.9 Å². The molecule has 0 N–H and O–H groups in total. The number of carboxylic acids is 1. The van der Waals surface area contributed by atoms with Gasteiger partial charge in [0, 0.05) is 27.9 Å². The van der Waals surface area contributed by atoms with Crippen LogP contribution in [0.4, 0.5) is 0 Å². The summed E-state index contributed by atoms with van der Waals surface area (Å²) in [5.74, 6) is -0.826. The van der Waals surface area contributed by atoms with Crippen LogP contribution >= 0.6 is 34.5 Å². The highest BCUT2D eigenvalue weighted by atomic mass is 35.5. The fourth-order valence-electron chi connectivity index (χ4n) is 2.62. The summed E-state index contributed by atoms with van der Waals surface area (Å²) < 4.78 is 5.14. The molecule has 0 fully saturated rings. The van der Waals surface area contributed by atoms with Gasteiger partial charge in [-0.1, -0.05) is 23.2 Å². The summed E-state index contributed by atoms with van der Waals surface area (Å²) >= 11 is 13.2. The second-order valence-corrected chi connectivity index (χ2v) is 7.59. The minimum Gasteiger partial charge on any atom is -0.550 e. The van der Waals surface area contributed by atoms with Crippen molar-refractivity contribution < 1.29 is 19.4 Å². The Kier molecular flexibility index (Phi) is 5.85. The van der Waals surface area contributed by atoms with Crippen molar-refractivity contribution in [3.05, 3.63) is 74.6 Å². The molecule has 1 aromatic heterocycles. The molecule has 0 amide bonds. The molecule has 0 aliphatic carbocycles. The number of hydrogen-bond donors (Lipinski definition) is 0. The summed E-state index contributed by atoms with van der Waals surface area (Å²) in [5, 5.41) is 11.8. The summed E-state index contributed by atoms with van der Waals surface area (Å²) in [7, 11) is 1.56. The molecule has 7 heteroatoms. The lowest BCUT2D eigenvalue weighted by Crippen LogP contribution is -2.24. The third-order valence-corrected chi connectivity index (χ3v) is 5.67. The molecule has 0 spiro atoms. The van der Waals surface area contributed by atoms with E-state index in [-0.39, 0.29) is 17.2 Å². The minimum atomic E-state index is -1.22. The molecule has 0 unspecified atom stereocenters. The molecule has 2 aromatic carbocycles. The van der Waals surface area contributed by atoms with E-state index in [4.69, 9.17) is 27.9 Å². The van der Waals surface area contributed by atoms with Crippen molar-refractivity contribution in [2.75, 3.05) is 7.11 Å². The summed E-state index contributed by atoms with van der Waals surface area (Å²) in [6.45, 7) is 0. The average Bonchev–Trinajstić information content (AvgIpc) is 3.04. The molecule has 3 aromatic rings. The lowest BCUT2D eigenvalue weighted by Gasteiger charge is -2.06. The molecular weight excluding hydrogens is 407 g/mol. The quantitative estimate of drug-likeness (QED) is 0.559. The van der Waals surface area contributed by atoms with Crippen LogP contribution < -0.4 is 9.84 Å². The van der Waals surface area contributed by atoms with Gasteiger partial charge in [0.05, 0.1) is 17.0 Å². The fourth-order valence-corrected chi connectivity index (χ4v) is 4.25. The van der Waals surface area contributed by atoms with Gasteiger partial charge in [-0.05, 0) is 59.7 Å². The number of carbonyl (C=O) groups is 2. The number of aliphatic carboxylic acids is 1. The molecule has 4 nitrogen and oxygen atoms in total. The van der Waals surface area contributed by atoms with E-state index in [0.29, 0.717) is 31.7 Å². The monoisotopic (exact) mass is 419 g/mol. The molecule has 0 radical (unpaired) electrons. The van der Waals surface area contributed by atoms with Gasteiger partial charge in [-0.25, -0.2) is 0 Å². The molecule has 138 valence electrons. The first-order chi connectivity index (χ1) is 12.9. The topological polar surface area (TPSA) is 66.4 Å². The van der Waals surface area contributed by atoms with Crippen LogP contribution in [-0.2, 0) is 11.2 Å². The van der Waals surface area contributed by atoms with Crippen LogP contribution in [0.15, 0.2) is 48.5 Å². The van der Waals surface area contributed by atoms with Crippen molar-refractivity contribution in [3.8, 4) is 16.2 Å². The molecule has 0 aliphatic rings. The number of rotatable bonds is 6. The Morgan fingerprint density at radius 3 is 2.37 bits per heavy atom. The van der Waals surface area contributed by atoms with Gasteiger partial charge >= 0.3 is 0 Å². The molecule has 0 saturated heterocycles. The van der Waals surface area contributed by atoms with E-state index in [1.54, 1.807) is 37.4 Å². The smallest absolute Gasteiger partial charge is 0.204 e. The van der Waals surface area contributed by atoms with Crippen LogP contribution in [0.25, 0.3) is 10.4 Å². The van der Waals surface area contributed by atoms with E-state index in [9.17, 15) is 14.7 Å². The van der Waals surface area contributed by atoms with Crippen LogP contribution in [0.5, 0.6) is 5.75 Å². The van der Waals surface area contributed by atoms with Gasteiger partial charge in [-0.2, -0.15) is 0 Å². The van der Waals surface area contributed by atoms with E-state index in [1.807, 2.05) is 12.1 Å². The lowest BCUT2D eigenvalue weighted by molar-refractivity contribution is -0.304. The SMILES string of the molecule is COc1ccc(-c2sc(C(=O)c3ccc(Cl)cc3Cl)cc2CC(=O)[O-])cc1. The van der Waals surface area contributed by atoms with Gasteiger partial charge in [-0.3, -0.25) is 4.79 Å². The van der Waals surface area contributed by atoms with Crippen molar-refractivity contribution in [1.82, 2.24) is 0 Å². The van der Waals surface area contributed by atoms with E-state index in [0.717, 1.165) is 5.56 Å². The van der Waals surface area contributed by atoms with Crippen LogP contribution in [0, 0.1) is 0 Å². The number of thiophene rings is 1. The highest BCUT2D eigenvalue weighted by Gasteiger charge is 2.19. The average molecular weight is 420 g/mol. The molecule has 1 heterocycles. The Morgan fingerprint density at radius 1 is 1.07 bits per heavy atom. The Bertz CT molecular complexity index is 1010. The van der Waals surface area contributed by atoms with Crippen molar-refractivity contribution >= 4 is 46.3 Å². The third kappa shape index (κ3) is 4.33. The van der Waals surface area contributed by atoms with Crippen molar-refractivity contribution in [2.45, 2.75) is 6.42 Å². The van der Waals surface area contributed by atoms with Gasteiger partial charge in [0.2, 0.25) is 5.78 Å². The van der Waals surface area contributed by atoms with Gasteiger partial charge in [0.15, 0.2) is 0 Å². The number of ether oxygens (including phenoxy) is 1. The van der Waals surface area contributed by atoms with E-state index in [1.165, 1.54) is 17.4 Å². The predicted octanol–water partition coefficient (Wildman–Crippen LogP) is 4.25. The maximum absolute atomic E-state index is 12.9. The van der Waals surface area contributed by atoms with Gasteiger partial charge in [-0.15, -0.1) is 11.3 Å². The van der Waals surface area contributed by atoms with Crippen LogP contribution in [0.1, 0.15) is 20.8 Å². The van der Waals surface area contributed by atoms with Gasteiger partial charge < -0.3 is 14.6 Å². The molecular formula is C20H13Cl2O4S-.